The van der Waals surface area contributed by atoms with Crippen molar-refractivity contribution in [3.8, 4) is 29.1 Å². The van der Waals surface area contributed by atoms with Gasteiger partial charge in [-0.3, -0.25) is 4.90 Å². The maximum Gasteiger partial charge on any atom is 0.418 e. The van der Waals surface area contributed by atoms with Gasteiger partial charge in [0.25, 0.3) is 0 Å². The lowest BCUT2D eigenvalue weighted by Crippen LogP contribution is -2.47. The highest BCUT2D eigenvalue weighted by Crippen LogP contribution is 2.51. The van der Waals surface area contributed by atoms with E-state index in [0.717, 1.165) is 19.0 Å². The number of alkyl halides is 4. The van der Waals surface area contributed by atoms with Gasteiger partial charge < -0.3 is 25.2 Å². The van der Waals surface area contributed by atoms with E-state index in [-0.39, 0.29) is 59.3 Å². The summed E-state index contributed by atoms with van der Waals surface area (Å²) in [5, 5.41) is 19.4. The number of benzene rings is 1. The number of hydrogen-bond donors (Lipinski definition) is 2. The lowest BCUT2D eigenvalue weighted by molar-refractivity contribution is -0.137. The quantitative estimate of drug-likeness (QED) is 0.320. The van der Waals surface area contributed by atoms with E-state index in [2.05, 4.69) is 25.9 Å². The molecular weight excluding hydrogens is 661 g/mol. The van der Waals surface area contributed by atoms with E-state index in [1.165, 1.54) is 33.8 Å². The van der Waals surface area contributed by atoms with Crippen molar-refractivity contribution in [2.24, 2.45) is 11.8 Å². The summed E-state index contributed by atoms with van der Waals surface area (Å²) in [5.74, 6) is -1.76. The number of nitrogens with zero attached hydrogens (tertiary/aromatic N) is 6. The van der Waals surface area contributed by atoms with Crippen molar-refractivity contribution >= 4 is 34.1 Å². The highest BCUT2D eigenvalue weighted by atomic mass is 35.5. The fourth-order valence-corrected chi connectivity index (χ4v) is 7.36. The minimum absolute atomic E-state index is 0.00598. The van der Waals surface area contributed by atoms with E-state index in [1.54, 1.807) is 4.90 Å². The standard InChI is InChI=1S/C25H23ClF4N6O3.C7H12FN/c1-9-4-14(32)33-20(17(9)25(28,29)30)15-18(26)22-16-21(19(15)27)34-24(38-3)35-23(16)36(7-12-5-11(12)6-31)13(8-39-22)10(2)37;8-6-4-7-2-1-3-9(7)5-6/h4,10-13,37H,5,7-8H2,1-3H3,(H2,32,33);6-7H,1-5H2. The third-order valence-electron chi connectivity index (χ3n) is 9.49. The summed E-state index contributed by atoms with van der Waals surface area (Å²) in [7, 11) is 1.25. The second-order valence-corrected chi connectivity index (χ2v) is 13.2. The van der Waals surface area contributed by atoms with Gasteiger partial charge in [0.2, 0.25) is 0 Å². The lowest BCUT2D eigenvalue weighted by atomic mass is 9.98. The number of nitrogens with two attached hydrogens (primary N) is 1. The number of methoxy groups -OCH3 is 1. The van der Waals surface area contributed by atoms with Crippen LogP contribution in [0.1, 0.15) is 43.7 Å². The average Bonchev–Trinajstić information content (AvgIpc) is 3.53. The van der Waals surface area contributed by atoms with Crippen LogP contribution >= 0.6 is 11.6 Å². The minimum Gasteiger partial charge on any atom is -0.489 e. The Bertz CT molecular complexity index is 1760. The van der Waals surface area contributed by atoms with Crippen molar-refractivity contribution in [2.45, 2.75) is 70.1 Å². The predicted octanol–water partition coefficient (Wildman–Crippen LogP) is 5.70. The molecular formula is C32H35ClF5N7O3. The molecule has 258 valence electrons. The van der Waals surface area contributed by atoms with Crippen LogP contribution in [0.15, 0.2) is 6.07 Å². The van der Waals surface area contributed by atoms with Crippen molar-refractivity contribution in [1.82, 2.24) is 19.9 Å². The van der Waals surface area contributed by atoms with E-state index in [4.69, 9.17) is 26.8 Å². The first kappa shape index (κ1) is 34.1. The summed E-state index contributed by atoms with van der Waals surface area (Å²) in [4.78, 5) is 16.3. The number of rotatable bonds is 5. The summed E-state index contributed by atoms with van der Waals surface area (Å²) in [5.41, 5.74) is 2.36. The normalized spacial score (nSPS) is 25.4. The number of fused-ring (bicyclic) bond motifs is 1. The molecule has 2 saturated heterocycles. The molecule has 10 nitrogen and oxygen atoms in total. The van der Waals surface area contributed by atoms with E-state index in [9.17, 15) is 27.9 Å². The number of halogens is 6. The van der Waals surface area contributed by atoms with Crippen LogP contribution in [0.3, 0.4) is 0 Å². The molecule has 3 N–H and O–H groups in total. The lowest BCUT2D eigenvalue weighted by Gasteiger charge is -2.33. The Kier molecular flexibility index (Phi) is 9.20. The van der Waals surface area contributed by atoms with Crippen LogP contribution < -0.4 is 20.1 Å². The third kappa shape index (κ3) is 6.25. The van der Waals surface area contributed by atoms with Gasteiger partial charge in [0.15, 0.2) is 11.6 Å². The molecule has 1 aromatic carbocycles. The minimum atomic E-state index is -4.91. The van der Waals surface area contributed by atoms with Gasteiger partial charge in [-0.25, -0.2) is 13.8 Å². The molecule has 3 fully saturated rings. The smallest absolute Gasteiger partial charge is 0.418 e. The van der Waals surface area contributed by atoms with E-state index < -0.39 is 57.7 Å². The second-order valence-electron chi connectivity index (χ2n) is 12.8. The molecule has 0 bridgehead atoms. The molecule has 0 spiro atoms. The fraction of sp³-hybridized carbons (Fsp3) is 0.562. The van der Waals surface area contributed by atoms with Gasteiger partial charge in [-0.2, -0.15) is 28.4 Å². The van der Waals surface area contributed by atoms with Crippen LogP contribution in [-0.2, 0) is 6.18 Å². The second kappa shape index (κ2) is 12.9. The molecule has 1 aliphatic carbocycles. The Hall–Kier alpha value is -3.74. The average molecular weight is 696 g/mol. The predicted molar refractivity (Wildman–Crippen MR) is 168 cm³/mol. The van der Waals surface area contributed by atoms with Crippen LogP contribution in [0.25, 0.3) is 22.2 Å². The first-order chi connectivity index (χ1) is 22.7. The number of aliphatic hydroxyl groups is 1. The summed E-state index contributed by atoms with van der Waals surface area (Å²) in [6.45, 7) is 4.68. The fourth-order valence-electron chi connectivity index (χ4n) is 7.04. The monoisotopic (exact) mass is 695 g/mol. The van der Waals surface area contributed by atoms with Crippen molar-refractivity contribution < 1.29 is 36.5 Å². The van der Waals surface area contributed by atoms with Crippen LogP contribution in [0.4, 0.5) is 33.6 Å². The molecule has 16 heteroatoms. The third-order valence-corrected chi connectivity index (χ3v) is 9.85. The highest BCUT2D eigenvalue weighted by Gasteiger charge is 2.44. The van der Waals surface area contributed by atoms with Gasteiger partial charge in [0.05, 0.1) is 58.5 Å². The number of ether oxygens (including phenoxy) is 2. The van der Waals surface area contributed by atoms with Gasteiger partial charge in [0.1, 0.15) is 29.9 Å². The van der Waals surface area contributed by atoms with Gasteiger partial charge in [-0.15, -0.1) is 0 Å². The zero-order valence-corrected chi connectivity index (χ0v) is 27.2. The molecule has 0 amide bonds. The largest absolute Gasteiger partial charge is 0.489 e. The zero-order valence-electron chi connectivity index (χ0n) is 26.5. The van der Waals surface area contributed by atoms with Crippen LogP contribution in [-0.4, -0.2) is 82.7 Å². The van der Waals surface area contributed by atoms with Gasteiger partial charge in [-0.05, 0) is 63.6 Å². The first-order valence-corrected chi connectivity index (χ1v) is 16.1. The van der Waals surface area contributed by atoms with E-state index in [0.29, 0.717) is 19.0 Å². The number of nitrogen functional groups attached to an aromatic ring is 1. The molecule has 1 saturated carbocycles. The number of hydrogen-bond acceptors (Lipinski definition) is 10. The Labute approximate surface area is 278 Å². The summed E-state index contributed by atoms with van der Waals surface area (Å²) in [6.07, 6.45) is -2.45. The summed E-state index contributed by atoms with van der Waals surface area (Å²) in [6, 6.07) is 2.86. The van der Waals surface area contributed by atoms with Crippen molar-refractivity contribution in [1.29, 1.82) is 5.26 Å². The highest BCUT2D eigenvalue weighted by molar-refractivity contribution is 6.36. The molecule has 2 aromatic heterocycles. The van der Waals surface area contributed by atoms with Crippen molar-refractivity contribution in [3.05, 3.63) is 28.0 Å². The van der Waals surface area contributed by atoms with Crippen molar-refractivity contribution in [3.63, 3.8) is 0 Å². The zero-order chi connectivity index (χ0) is 34.7. The summed E-state index contributed by atoms with van der Waals surface area (Å²) >= 11 is 6.62. The maximum atomic E-state index is 16.3. The summed E-state index contributed by atoms with van der Waals surface area (Å²) < 4.78 is 82.5. The topological polar surface area (TPSA) is 134 Å². The van der Waals surface area contributed by atoms with E-state index in [1.807, 2.05) is 0 Å². The Balaban J connectivity index is 0.000000381. The first-order valence-electron chi connectivity index (χ1n) is 15.7. The van der Waals surface area contributed by atoms with Gasteiger partial charge in [-0.1, -0.05) is 11.6 Å². The number of aryl methyl sites for hydroxylation is 1. The van der Waals surface area contributed by atoms with E-state index >= 15 is 4.39 Å². The number of aromatic nitrogens is 3. The molecule has 6 atom stereocenters. The molecule has 6 unspecified atom stereocenters. The molecule has 4 aliphatic rings. The Morgan fingerprint density at radius 2 is 2.02 bits per heavy atom. The molecule has 3 aliphatic heterocycles. The number of pyridine rings is 1. The SMILES string of the molecule is COc1nc2c3c(c(Cl)c(-c4nc(N)cc(C)c4C(F)(F)F)c(F)c3n1)OCC(C(C)O)N2CC1CC1C#N.FC1CC2CCCN2C1. The molecule has 48 heavy (non-hydrogen) atoms. The van der Waals surface area contributed by atoms with Crippen LogP contribution in [0, 0.1) is 35.9 Å². The number of anilines is 2. The Morgan fingerprint density at radius 1 is 1.27 bits per heavy atom. The number of aliphatic hydroxyl groups excluding tert-OH is 1. The van der Waals surface area contributed by atoms with Gasteiger partial charge >= 0.3 is 12.2 Å². The van der Waals surface area contributed by atoms with Crippen molar-refractivity contribution in [2.75, 3.05) is 44.0 Å². The van der Waals surface area contributed by atoms with Gasteiger partial charge in [0, 0.05) is 19.1 Å². The van der Waals surface area contributed by atoms with Crippen LogP contribution in [0.5, 0.6) is 11.8 Å². The molecule has 7 rings (SSSR count). The number of nitriles is 1. The van der Waals surface area contributed by atoms with Crippen LogP contribution in [0.2, 0.25) is 5.02 Å². The molecule has 0 radical (unpaired) electrons. The molecule has 5 heterocycles. The molecule has 3 aromatic rings. The Morgan fingerprint density at radius 3 is 2.65 bits per heavy atom. The maximum absolute atomic E-state index is 16.3.